The minimum Gasteiger partial charge on any atom is -0.450 e. The Morgan fingerprint density at radius 1 is 1.28 bits per heavy atom. The summed E-state index contributed by atoms with van der Waals surface area (Å²) >= 11 is 0. The van der Waals surface area contributed by atoms with Crippen molar-refractivity contribution in [2.24, 2.45) is 17.8 Å². The molecule has 18 heavy (non-hydrogen) atoms. The third-order valence-electron chi connectivity index (χ3n) is 4.98. The third kappa shape index (κ3) is 2.00. The van der Waals surface area contributed by atoms with E-state index < -0.39 is 6.16 Å². The first kappa shape index (κ1) is 12.3. The van der Waals surface area contributed by atoms with Gasteiger partial charge in [-0.3, -0.25) is 0 Å². The largest absolute Gasteiger partial charge is 0.506 e. The summed E-state index contributed by atoms with van der Waals surface area (Å²) in [5.41, 5.74) is 0.0465. The van der Waals surface area contributed by atoms with Gasteiger partial charge in [-0.25, -0.2) is 4.79 Å². The smallest absolute Gasteiger partial charge is 0.450 e. The highest BCUT2D eigenvalue weighted by atomic mass is 16.7. The van der Waals surface area contributed by atoms with E-state index in [9.17, 15) is 4.79 Å². The Labute approximate surface area is 108 Å². The zero-order chi connectivity index (χ0) is 12.8. The minimum absolute atomic E-state index is 0.0465. The van der Waals surface area contributed by atoms with E-state index in [1.807, 2.05) is 0 Å². The van der Waals surface area contributed by atoms with E-state index >= 15 is 0 Å². The average molecular weight is 254 g/mol. The first-order valence-corrected chi connectivity index (χ1v) is 7.15. The van der Waals surface area contributed by atoms with Crippen molar-refractivity contribution in [3.8, 4) is 0 Å². The molecule has 0 amide bonds. The van der Waals surface area contributed by atoms with Crippen molar-refractivity contribution >= 4 is 6.16 Å². The molecule has 0 aliphatic heterocycles. The Morgan fingerprint density at radius 2 is 1.94 bits per heavy atom. The molecule has 4 aliphatic rings. The molecule has 1 N–H and O–H groups in total. The summed E-state index contributed by atoms with van der Waals surface area (Å²) < 4.78 is 11.3. The van der Waals surface area contributed by atoms with Crippen molar-refractivity contribution < 1.29 is 19.4 Å². The van der Waals surface area contributed by atoms with E-state index in [-0.39, 0.29) is 11.7 Å². The standard InChI is InChI=1S/C14H22O4/c1-2-3-17-14-6-9-4-10(7-14)12(18-13(15)16)11(5-9)8-14/h9-12H,2-8H2,1H3,(H,15,16)/t9?,10-,11+,12?,14?. The Bertz CT molecular complexity index is 325. The van der Waals surface area contributed by atoms with Gasteiger partial charge < -0.3 is 14.6 Å². The molecule has 4 fully saturated rings. The number of rotatable bonds is 4. The van der Waals surface area contributed by atoms with Crippen molar-refractivity contribution in [3.05, 3.63) is 0 Å². The maximum Gasteiger partial charge on any atom is 0.506 e. The van der Waals surface area contributed by atoms with Crippen LogP contribution in [0.15, 0.2) is 0 Å². The van der Waals surface area contributed by atoms with Gasteiger partial charge in [-0.15, -0.1) is 0 Å². The quantitative estimate of drug-likeness (QED) is 0.783. The summed E-state index contributed by atoms with van der Waals surface area (Å²) in [6.07, 6.45) is 5.30. The fraction of sp³-hybridized carbons (Fsp3) is 0.929. The van der Waals surface area contributed by atoms with Crippen LogP contribution in [0.25, 0.3) is 0 Å². The monoisotopic (exact) mass is 254 g/mol. The number of ether oxygens (including phenoxy) is 2. The fourth-order valence-corrected chi connectivity index (χ4v) is 4.71. The Morgan fingerprint density at radius 3 is 2.50 bits per heavy atom. The summed E-state index contributed by atoms with van der Waals surface area (Å²) in [4.78, 5) is 10.8. The van der Waals surface area contributed by atoms with Crippen molar-refractivity contribution in [2.75, 3.05) is 6.61 Å². The molecule has 4 heteroatoms. The van der Waals surface area contributed by atoms with E-state index in [0.29, 0.717) is 11.8 Å². The maximum atomic E-state index is 10.8. The number of carboxylic acid groups (broad SMARTS) is 1. The Kier molecular flexibility index (Phi) is 3.00. The van der Waals surface area contributed by atoms with E-state index in [1.54, 1.807) is 0 Å². The van der Waals surface area contributed by atoms with Crippen LogP contribution in [-0.4, -0.2) is 29.6 Å². The van der Waals surface area contributed by atoms with Crippen molar-refractivity contribution in [2.45, 2.75) is 57.2 Å². The molecule has 0 heterocycles. The second-order valence-electron chi connectivity index (χ2n) is 6.35. The van der Waals surface area contributed by atoms with Gasteiger partial charge in [-0.2, -0.15) is 0 Å². The molecule has 5 atom stereocenters. The van der Waals surface area contributed by atoms with Gasteiger partial charge in [-0.1, -0.05) is 6.92 Å². The summed E-state index contributed by atoms with van der Waals surface area (Å²) in [7, 11) is 0. The van der Waals surface area contributed by atoms with Crippen LogP contribution in [0.4, 0.5) is 4.79 Å². The van der Waals surface area contributed by atoms with E-state index in [0.717, 1.165) is 44.6 Å². The molecule has 0 aromatic heterocycles. The maximum absolute atomic E-state index is 10.8. The highest BCUT2D eigenvalue weighted by molar-refractivity contribution is 5.57. The lowest BCUT2D eigenvalue weighted by molar-refractivity contribution is -0.202. The predicted octanol–water partition coefficient (Wildman–Crippen LogP) is 3.05. The SMILES string of the molecule is CCCOC12CC3C[C@H](C1)C(OC(=O)O)[C@@H](C3)C2. The third-order valence-corrected chi connectivity index (χ3v) is 4.98. The molecule has 0 aromatic rings. The van der Waals surface area contributed by atoms with Crippen LogP contribution in [0.3, 0.4) is 0 Å². The molecule has 4 rings (SSSR count). The van der Waals surface area contributed by atoms with Crippen LogP contribution in [0.2, 0.25) is 0 Å². The minimum atomic E-state index is -1.11. The predicted molar refractivity (Wildman–Crippen MR) is 65.4 cm³/mol. The van der Waals surface area contributed by atoms with Gasteiger partial charge in [0.1, 0.15) is 6.10 Å². The first-order chi connectivity index (χ1) is 8.62. The van der Waals surface area contributed by atoms with Gasteiger partial charge in [0, 0.05) is 6.61 Å². The highest BCUT2D eigenvalue weighted by Gasteiger charge is 2.57. The summed E-state index contributed by atoms with van der Waals surface area (Å²) in [6.45, 7) is 2.97. The molecule has 4 saturated carbocycles. The summed E-state index contributed by atoms with van der Waals surface area (Å²) in [6, 6.07) is 0. The molecule has 102 valence electrons. The fourth-order valence-electron chi connectivity index (χ4n) is 4.71. The second-order valence-corrected chi connectivity index (χ2v) is 6.35. The van der Waals surface area contributed by atoms with E-state index in [1.165, 1.54) is 6.42 Å². The zero-order valence-corrected chi connectivity index (χ0v) is 10.9. The molecular formula is C14H22O4. The number of hydrogen-bond donors (Lipinski definition) is 1. The van der Waals surface area contributed by atoms with Crippen LogP contribution >= 0.6 is 0 Å². The van der Waals surface area contributed by atoms with Gasteiger partial charge >= 0.3 is 6.16 Å². The number of carbonyl (C=O) groups is 1. The van der Waals surface area contributed by atoms with E-state index in [2.05, 4.69) is 6.92 Å². The van der Waals surface area contributed by atoms with Gasteiger partial charge in [0.05, 0.1) is 5.60 Å². The molecule has 0 saturated heterocycles. The average Bonchev–Trinajstić information content (AvgIpc) is 2.30. The number of hydrogen-bond acceptors (Lipinski definition) is 3. The summed E-state index contributed by atoms with van der Waals surface area (Å²) in [5.74, 6) is 1.52. The first-order valence-electron chi connectivity index (χ1n) is 7.15. The normalized spacial score (nSPS) is 45.2. The molecule has 0 aromatic carbocycles. The molecule has 0 spiro atoms. The van der Waals surface area contributed by atoms with Gasteiger partial charge in [0.25, 0.3) is 0 Å². The van der Waals surface area contributed by atoms with Crippen molar-refractivity contribution in [1.82, 2.24) is 0 Å². The van der Waals surface area contributed by atoms with Crippen molar-refractivity contribution in [3.63, 3.8) is 0 Å². The molecular weight excluding hydrogens is 232 g/mol. The lowest BCUT2D eigenvalue weighted by Crippen LogP contribution is -2.58. The molecule has 4 bridgehead atoms. The van der Waals surface area contributed by atoms with Gasteiger partial charge in [-0.05, 0) is 56.3 Å². The van der Waals surface area contributed by atoms with Gasteiger partial charge in [0.2, 0.25) is 0 Å². The molecule has 4 nitrogen and oxygen atoms in total. The summed E-state index contributed by atoms with van der Waals surface area (Å²) in [5, 5.41) is 8.85. The van der Waals surface area contributed by atoms with Crippen molar-refractivity contribution in [1.29, 1.82) is 0 Å². The van der Waals surface area contributed by atoms with Gasteiger partial charge in [0.15, 0.2) is 0 Å². The highest BCUT2D eigenvalue weighted by Crippen LogP contribution is 2.58. The topological polar surface area (TPSA) is 55.8 Å². The van der Waals surface area contributed by atoms with E-state index in [4.69, 9.17) is 14.6 Å². The zero-order valence-electron chi connectivity index (χ0n) is 10.9. The lowest BCUT2D eigenvalue weighted by atomic mass is 9.53. The Hall–Kier alpha value is -0.770. The Balaban J connectivity index is 1.73. The molecule has 4 aliphatic carbocycles. The molecule has 3 unspecified atom stereocenters. The van der Waals surface area contributed by atoms with Crippen LogP contribution in [0.1, 0.15) is 45.4 Å². The van der Waals surface area contributed by atoms with Crippen LogP contribution in [0.5, 0.6) is 0 Å². The van der Waals surface area contributed by atoms with Crippen LogP contribution in [0, 0.1) is 17.8 Å². The molecule has 0 radical (unpaired) electrons. The lowest BCUT2D eigenvalue weighted by Gasteiger charge is -2.58. The second kappa shape index (κ2) is 4.41. The van der Waals surface area contributed by atoms with Crippen LogP contribution in [-0.2, 0) is 9.47 Å². The van der Waals surface area contributed by atoms with Crippen LogP contribution < -0.4 is 0 Å².